The minimum absolute atomic E-state index is 0.243. The average Bonchev–Trinajstić information content (AvgIpc) is 3.33. The van der Waals surface area contributed by atoms with Gasteiger partial charge in [0, 0.05) is 12.5 Å². The summed E-state index contributed by atoms with van der Waals surface area (Å²) in [6, 6.07) is 9.25. The predicted octanol–water partition coefficient (Wildman–Crippen LogP) is 4.11. The Morgan fingerprint density at radius 1 is 1.14 bits per heavy atom. The first-order valence-electron chi connectivity index (χ1n) is 8.57. The number of hydrogen-bond acceptors (Lipinski definition) is 6. The zero-order chi connectivity index (χ0) is 19.7. The lowest BCUT2D eigenvalue weighted by atomic mass is 10.1. The summed E-state index contributed by atoms with van der Waals surface area (Å²) in [5.74, 6) is 0.374. The average molecular weight is 385 g/mol. The van der Waals surface area contributed by atoms with Crippen LogP contribution in [-0.4, -0.2) is 18.0 Å². The monoisotopic (exact) mass is 385 g/mol. The van der Waals surface area contributed by atoms with E-state index >= 15 is 0 Å². The Labute approximate surface area is 159 Å². The largest absolute Gasteiger partial charge is 0.496 e. The third-order valence-electron chi connectivity index (χ3n) is 4.31. The maximum atomic E-state index is 13.4. The van der Waals surface area contributed by atoms with Crippen molar-refractivity contribution < 1.29 is 22.7 Å². The molecule has 3 aromatic rings. The molecule has 2 aromatic carbocycles. The third-order valence-corrected chi connectivity index (χ3v) is 4.31. The molecule has 0 saturated carbocycles. The normalized spacial score (nSPS) is 15.7. The van der Waals surface area contributed by atoms with Crippen LogP contribution in [0.25, 0.3) is 11.3 Å². The van der Waals surface area contributed by atoms with Gasteiger partial charge in [-0.05, 0) is 29.8 Å². The Hall–Kier alpha value is -3.42. The van der Waals surface area contributed by atoms with E-state index in [1.165, 1.54) is 6.07 Å². The van der Waals surface area contributed by atoms with Gasteiger partial charge in [-0.2, -0.15) is 0 Å². The summed E-state index contributed by atoms with van der Waals surface area (Å²) >= 11 is 0. The van der Waals surface area contributed by atoms with Gasteiger partial charge in [-0.3, -0.25) is 5.43 Å². The first-order chi connectivity index (χ1) is 13.5. The lowest BCUT2D eigenvalue weighted by Crippen LogP contribution is -2.13. The first-order valence-corrected chi connectivity index (χ1v) is 8.57. The van der Waals surface area contributed by atoms with Crippen molar-refractivity contribution in [3.05, 3.63) is 71.2 Å². The van der Waals surface area contributed by atoms with E-state index in [1.807, 2.05) is 18.2 Å². The fraction of sp³-hybridized carbons (Fsp3) is 0.200. The van der Waals surface area contributed by atoms with Crippen LogP contribution in [0.1, 0.15) is 23.2 Å². The van der Waals surface area contributed by atoms with E-state index < -0.39 is 17.9 Å². The lowest BCUT2D eigenvalue weighted by Gasteiger charge is -2.14. The molecule has 144 valence electrons. The molecule has 0 radical (unpaired) electrons. The van der Waals surface area contributed by atoms with E-state index in [0.29, 0.717) is 28.9 Å². The summed E-state index contributed by atoms with van der Waals surface area (Å²) in [7, 11) is 1.57. The number of aromatic nitrogens is 1. The van der Waals surface area contributed by atoms with Gasteiger partial charge in [0.05, 0.1) is 25.3 Å². The molecule has 1 unspecified atom stereocenters. The van der Waals surface area contributed by atoms with Crippen LogP contribution in [0, 0.1) is 18.6 Å². The number of hydrogen-bond donors (Lipinski definition) is 1. The van der Waals surface area contributed by atoms with Crippen molar-refractivity contribution in [2.24, 2.45) is 5.10 Å². The number of aryl methyl sites for hydroxylation is 1. The number of oxazole rings is 1. The van der Waals surface area contributed by atoms with Gasteiger partial charge in [-0.1, -0.05) is 12.1 Å². The van der Waals surface area contributed by atoms with Crippen molar-refractivity contribution in [3.63, 3.8) is 0 Å². The molecule has 0 fully saturated rings. The molecule has 0 amide bonds. The van der Waals surface area contributed by atoms with Gasteiger partial charge < -0.3 is 13.9 Å². The number of methoxy groups -OCH3 is 1. The second kappa shape index (κ2) is 7.30. The minimum atomic E-state index is -0.899. The first kappa shape index (κ1) is 18.0. The van der Waals surface area contributed by atoms with E-state index in [9.17, 15) is 8.78 Å². The Morgan fingerprint density at radius 3 is 2.71 bits per heavy atom. The van der Waals surface area contributed by atoms with Gasteiger partial charge in [0.2, 0.25) is 12.1 Å². The molecule has 1 aliphatic rings. The molecule has 1 atom stereocenters. The van der Waals surface area contributed by atoms with Gasteiger partial charge in [0.25, 0.3) is 0 Å². The number of ether oxygens (including phenoxy) is 2. The molecule has 0 aliphatic carbocycles. The molecule has 1 N–H and O–H groups in total. The number of nitrogens with zero attached hydrogens (tertiary/aromatic N) is 2. The Bertz CT molecular complexity index is 1050. The van der Waals surface area contributed by atoms with Crippen molar-refractivity contribution >= 4 is 5.90 Å². The van der Waals surface area contributed by atoms with Crippen molar-refractivity contribution in [3.8, 4) is 17.1 Å². The maximum Gasteiger partial charge on any atom is 0.212 e. The van der Waals surface area contributed by atoms with Gasteiger partial charge in [0.15, 0.2) is 23.3 Å². The zero-order valence-corrected chi connectivity index (χ0v) is 15.2. The van der Waals surface area contributed by atoms with Crippen LogP contribution in [0.4, 0.5) is 8.78 Å². The molecule has 4 rings (SSSR count). The van der Waals surface area contributed by atoms with Crippen LogP contribution in [0.5, 0.6) is 5.75 Å². The number of halogens is 2. The van der Waals surface area contributed by atoms with Crippen LogP contribution in [0.3, 0.4) is 0 Å². The summed E-state index contributed by atoms with van der Waals surface area (Å²) in [5.41, 5.74) is 5.02. The molecule has 8 heteroatoms. The van der Waals surface area contributed by atoms with E-state index in [0.717, 1.165) is 23.3 Å². The Balaban J connectivity index is 1.49. The summed E-state index contributed by atoms with van der Waals surface area (Å²) in [5, 5.41) is 4.14. The molecule has 0 bridgehead atoms. The molecule has 0 spiro atoms. The lowest BCUT2D eigenvalue weighted by molar-refractivity contribution is 0.187. The molecule has 1 aliphatic heterocycles. The molecule has 0 saturated heterocycles. The van der Waals surface area contributed by atoms with E-state index in [1.54, 1.807) is 20.2 Å². The molecular weight excluding hydrogens is 368 g/mol. The maximum absolute atomic E-state index is 13.4. The highest BCUT2D eigenvalue weighted by Crippen LogP contribution is 2.34. The fourth-order valence-electron chi connectivity index (χ4n) is 2.93. The minimum Gasteiger partial charge on any atom is -0.496 e. The molecule has 6 nitrogen and oxygen atoms in total. The van der Waals surface area contributed by atoms with Crippen LogP contribution < -0.4 is 10.2 Å². The summed E-state index contributed by atoms with van der Waals surface area (Å²) in [6.45, 7) is 1.77. The number of rotatable bonds is 5. The predicted molar refractivity (Wildman–Crippen MR) is 97.7 cm³/mol. The van der Waals surface area contributed by atoms with Crippen molar-refractivity contribution in [2.75, 3.05) is 7.11 Å². The smallest absolute Gasteiger partial charge is 0.212 e. The van der Waals surface area contributed by atoms with Crippen molar-refractivity contribution in [2.45, 2.75) is 19.6 Å². The highest BCUT2D eigenvalue weighted by molar-refractivity contribution is 5.80. The van der Waals surface area contributed by atoms with Gasteiger partial charge in [0.1, 0.15) is 5.75 Å². The second-order valence-corrected chi connectivity index (χ2v) is 6.26. The van der Waals surface area contributed by atoms with Crippen LogP contribution in [0.2, 0.25) is 0 Å². The standard InChI is InChI=1S/C20H17F2N3O3/c1-11-23-10-18(27-11)14-5-4-13(9-17(14)26-2)20-25-24-19(28-20)8-12-3-6-15(21)16(22)7-12/h3-7,9-10,20,25H,8H2,1-2H3. The Morgan fingerprint density at radius 2 is 2.00 bits per heavy atom. The second-order valence-electron chi connectivity index (χ2n) is 6.26. The summed E-state index contributed by atoms with van der Waals surface area (Å²) < 4.78 is 43.2. The third kappa shape index (κ3) is 3.53. The van der Waals surface area contributed by atoms with Crippen LogP contribution >= 0.6 is 0 Å². The van der Waals surface area contributed by atoms with Crippen LogP contribution in [0.15, 0.2) is 52.1 Å². The van der Waals surface area contributed by atoms with Crippen LogP contribution in [-0.2, 0) is 11.2 Å². The van der Waals surface area contributed by atoms with E-state index in [4.69, 9.17) is 13.9 Å². The number of benzene rings is 2. The zero-order valence-electron chi connectivity index (χ0n) is 15.2. The summed E-state index contributed by atoms with van der Waals surface area (Å²) in [6.07, 6.45) is 1.37. The Kier molecular flexibility index (Phi) is 4.68. The SMILES string of the molecule is COc1cc(C2NN=C(Cc3ccc(F)c(F)c3)O2)ccc1-c1cnc(C)o1. The van der Waals surface area contributed by atoms with Crippen molar-refractivity contribution in [1.29, 1.82) is 0 Å². The molecule has 1 aromatic heterocycles. The van der Waals surface area contributed by atoms with Gasteiger partial charge in [-0.15, -0.1) is 5.10 Å². The topological polar surface area (TPSA) is 68.9 Å². The molecule has 28 heavy (non-hydrogen) atoms. The quantitative estimate of drug-likeness (QED) is 0.716. The highest BCUT2D eigenvalue weighted by atomic mass is 19.2. The van der Waals surface area contributed by atoms with Crippen molar-refractivity contribution in [1.82, 2.24) is 10.4 Å². The number of nitrogens with one attached hydrogen (secondary N) is 1. The number of hydrazone groups is 1. The fourth-order valence-corrected chi connectivity index (χ4v) is 2.93. The van der Waals surface area contributed by atoms with Gasteiger partial charge >= 0.3 is 0 Å². The molecular formula is C20H17F2N3O3. The van der Waals surface area contributed by atoms with Gasteiger partial charge in [-0.25, -0.2) is 13.8 Å². The van der Waals surface area contributed by atoms with E-state index in [-0.39, 0.29) is 6.42 Å². The molecule has 2 heterocycles. The highest BCUT2D eigenvalue weighted by Gasteiger charge is 2.23. The van der Waals surface area contributed by atoms with E-state index in [2.05, 4.69) is 15.5 Å². The summed E-state index contributed by atoms with van der Waals surface area (Å²) in [4.78, 5) is 4.10.